The SMILES string of the molecule is C=C1/C(=C\C=C2/CCCC3(C)C(CCN4CCC(OCC(F)F)C4)CCC23)CCCC1O. The number of fused-ring (bicyclic) bond motifs is 1. The molecule has 32 heavy (non-hydrogen) atoms. The van der Waals surface area contributed by atoms with Crippen LogP contribution in [0, 0.1) is 17.3 Å². The van der Waals surface area contributed by atoms with E-state index in [-0.39, 0.29) is 12.2 Å². The number of hydrogen-bond acceptors (Lipinski definition) is 3. The van der Waals surface area contributed by atoms with Crippen molar-refractivity contribution in [2.45, 2.75) is 89.8 Å². The summed E-state index contributed by atoms with van der Waals surface area (Å²) in [5, 5.41) is 10.1. The Bertz CT molecular complexity index is 733. The van der Waals surface area contributed by atoms with E-state index < -0.39 is 13.0 Å². The summed E-state index contributed by atoms with van der Waals surface area (Å²) < 4.78 is 30.2. The molecule has 4 rings (SSSR count). The van der Waals surface area contributed by atoms with Crippen LogP contribution in [0.25, 0.3) is 0 Å². The second-order valence-corrected chi connectivity index (χ2v) is 10.8. The lowest BCUT2D eigenvalue weighted by atomic mass is 9.63. The van der Waals surface area contributed by atoms with Crippen molar-refractivity contribution in [2.24, 2.45) is 17.3 Å². The number of aliphatic hydroxyl groups excluding tert-OH is 1. The lowest BCUT2D eigenvalue weighted by molar-refractivity contribution is -0.0199. The van der Waals surface area contributed by atoms with Gasteiger partial charge in [-0.3, -0.25) is 0 Å². The van der Waals surface area contributed by atoms with E-state index in [1.54, 1.807) is 5.57 Å². The fraction of sp³-hybridized carbons (Fsp3) is 0.778. The first-order valence-corrected chi connectivity index (χ1v) is 12.8. The van der Waals surface area contributed by atoms with Gasteiger partial charge in [0.2, 0.25) is 0 Å². The van der Waals surface area contributed by atoms with Gasteiger partial charge in [-0.05, 0) is 99.1 Å². The standard InChI is InChI=1S/C27H41F2NO2/c1-19-20(5-3-7-25(19)31)8-9-21-6-4-14-27(2)22(10-11-24(21)27)12-15-30-16-13-23(17-30)32-18-26(28)29/h8-9,22-26,31H,1,3-7,10-18H2,2H3/b20-8-,21-9+. The van der Waals surface area contributed by atoms with E-state index in [1.807, 2.05) is 0 Å². The summed E-state index contributed by atoms with van der Waals surface area (Å²) in [6.07, 6.45) is 13.2. The molecule has 0 aromatic carbocycles. The third-order valence-corrected chi connectivity index (χ3v) is 8.88. The topological polar surface area (TPSA) is 32.7 Å². The van der Waals surface area contributed by atoms with Crippen molar-refractivity contribution in [3.63, 3.8) is 0 Å². The van der Waals surface area contributed by atoms with Gasteiger partial charge in [0, 0.05) is 13.1 Å². The smallest absolute Gasteiger partial charge is 0.261 e. The Kier molecular flexibility index (Phi) is 7.89. The monoisotopic (exact) mass is 449 g/mol. The highest BCUT2D eigenvalue weighted by molar-refractivity contribution is 5.37. The number of rotatable bonds is 7. The average molecular weight is 450 g/mol. The molecular formula is C27H41F2NO2. The van der Waals surface area contributed by atoms with E-state index in [9.17, 15) is 13.9 Å². The van der Waals surface area contributed by atoms with Gasteiger partial charge >= 0.3 is 0 Å². The highest BCUT2D eigenvalue weighted by Gasteiger charge is 2.48. The minimum atomic E-state index is -2.37. The van der Waals surface area contributed by atoms with Crippen LogP contribution in [0.5, 0.6) is 0 Å². The number of aliphatic hydroxyl groups is 1. The normalized spacial score (nSPS) is 38.8. The zero-order valence-corrected chi connectivity index (χ0v) is 19.7. The Balaban J connectivity index is 1.33. The van der Waals surface area contributed by atoms with Gasteiger partial charge in [-0.25, -0.2) is 8.78 Å². The first-order chi connectivity index (χ1) is 15.4. The summed E-state index contributed by atoms with van der Waals surface area (Å²) in [6.45, 7) is 9.03. The van der Waals surface area contributed by atoms with Crippen molar-refractivity contribution >= 4 is 0 Å². The number of nitrogens with zero attached hydrogens (tertiary/aromatic N) is 1. The van der Waals surface area contributed by atoms with Crippen molar-refractivity contribution in [1.82, 2.24) is 4.90 Å². The van der Waals surface area contributed by atoms with Crippen LogP contribution in [-0.4, -0.2) is 54.9 Å². The van der Waals surface area contributed by atoms with Crippen LogP contribution in [0.15, 0.2) is 35.5 Å². The van der Waals surface area contributed by atoms with Gasteiger partial charge in [0.05, 0.1) is 12.2 Å². The van der Waals surface area contributed by atoms with Crippen LogP contribution in [0.1, 0.15) is 71.1 Å². The summed E-state index contributed by atoms with van der Waals surface area (Å²) in [6, 6.07) is 0. The summed E-state index contributed by atoms with van der Waals surface area (Å²) in [5.41, 5.74) is 4.12. The average Bonchev–Trinajstić information content (AvgIpc) is 3.35. The predicted molar refractivity (Wildman–Crippen MR) is 125 cm³/mol. The van der Waals surface area contributed by atoms with Gasteiger partial charge in [-0.2, -0.15) is 0 Å². The van der Waals surface area contributed by atoms with Crippen LogP contribution in [0.3, 0.4) is 0 Å². The highest BCUT2D eigenvalue weighted by atomic mass is 19.3. The van der Waals surface area contributed by atoms with E-state index in [1.165, 1.54) is 44.1 Å². The van der Waals surface area contributed by atoms with Gasteiger partial charge in [0.1, 0.15) is 6.61 Å². The fourth-order valence-electron chi connectivity index (χ4n) is 6.94. The van der Waals surface area contributed by atoms with E-state index in [0.29, 0.717) is 11.3 Å². The van der Waals surface area contributed by atoms with Crippen molar-refractivity contribution < 1.29 is 18.6 Å². The second kappa shape index (κ2) is 10.5. The fourth-order valence-corrected chi connectivity index (χ4v) is 6.94. The van der Waals surface area contributed by atoms with E-state index in [0.717, 1.165) is 56.8 Å². The van der Waals surface area contributed by atoms with E-state index in [2.05, 4.69) is 30.6 Å². The molecular weight excluding hydrogens is 408 g/mol. The molecule has 1 heterocycles. The molecule has 180 valence electrons. The largest absolute Gasteiger partial charge is 0.388 e. The molecule has 4 aliphatic rings. The molecule has 0 aromatic heterocycles. The molecule has 3 nitrogen and oxygen atoms in total. The number of halogens is 2. The zero-order chi connectivity index (χ0) is 22.7. The van der Waals surface area contributed by atoms with Crippen molar-refractivity contribution in [3.8, 4) is 0 Å². The molecule has 0 bridgehead atoms. The van der Waals surface area contributed by atoms with Gasteiger partial charge < -0.3 is 14.7 Å². The summed E-state index contributed by atoms with van der Waals surface area (Å²) >= 11 is 0. The Morgan fingerprint density at radius 2 is 2.03 bits per heavy atom. The molecule has 4 fully saturated rings. The third-order valence-electron chi connectivity index (χ3n) is 8.88. The quantitative estimate of drug-likeness (QED) is 0.525. The van der Waals surface area contributed by atoms with Gasteiger partial charge in [0.25, 0.3) is 6.43 Å². The molecule has 3 aliphatic carbocycles. The Hall–Kier alpha value is -1.04. The maximum absolute atomic E-state index is 12.4. The highest BCUT2D eigenvalue weighted by Crippen LogP contribution is 2.58. The van der Waals surface area contributed by atoms with Gasteiger partial charge in [-0.15, -0.1) is 0 Å². The Morgan fingerprint density at radius 3 is 2.84 bits per heavy atom. The lowest BCUT2D eigenvalue weighted by Crippen LogP contribution is -2.35. The maximum atomic E-state index is 12.4. The molecule has 0 spiro atoms. The maximum Gasteiger partial charge on any atom is 0.261 e. The van der Waals surface area contributed by atoms with Crippen LogP contribution >= 0.6 is 0 Å². The molecule has 5 atom stereocenters. The van der Waals surface area contributed by atoms with Crippen LogP contribution in [0.4, 0.5) is 8.78 Å². The van der Waals surface area contributed by atoms with Crippen LogP contribution in [0.2, 0.25) is 0 Å². The van der Waals surface area contributed by atoms with E-state index >= 15 is 0 Å². The molecule has 1 aliphatic heterocycles. The van der Waals surface area contributed by atoms with Crippen LogP contribution < -0.4 is 0 Å². The van der Waals surface area contributed by atoms with Gasteiger partial charge in [-0.1, -0.05) is 31.2 Å². The third kappa shape index (κ3) is 5.37. The molecule has 3 saturated carbocycles. The number of allylic oxidation sites excluding steroid dienone is 3. The molecule has 0 aromatic rings. The minimum Gasteiger partial charge on any atom is -0.388 e. The van der Waals surface area contributed by atoms with Crippen molar-refractivity contribution in [3.05, 3.63) is 35.5 Å². The predicted octanol–water partition coefficient (Wildman–Crippen LogP) is 5.90. The minimum absolute atomic E-state index is 0.0266. The van der Waals surface area contributed by atoms with Gasteiger partial charge in [0.15, 0.2) is 0 Å². The Morgan fingerprint density at radius 1 is 1.19 bits per heavy atom. The first-order valence-electron chi connectivity index (χ1n) is 12.8. The lowest BCUT2D eigenvalue weighted by Gasteiger charge is -2.43. The molecule has 0 amide bonds. The molecule has 1 N–H and O–H groups in total. The van der Waals surface area contributed by atoms with Crippen molar-refractivity contribution in [1.29, 1.82) is 0 Å². The second-order valence-electron chi connectivity index (χ2n) is 10.8. The van der Waals surface area contributed by atoms with Crippen LogP contribution in [-0.2, 0) is 4.74 Å². The molecule has 0 radical (unpaired) electrons. The van der Waals surface area contributed by atoms with E-state index in [4.69, 9.17) is 4.74 Å². The summed E-state index contributed by atoms with van der Waals surface area (Å²) in [4.78, 5) is 2.41. The molecule has 5 heteroatoms. The molecule has 1 saturated heterocycles. The molecule has 5 unspecified atom stereocenters. The number of alkyl halides is 2. The van der Waals surface area contributed by atoms with Crippen molar-refractivity contribution in [2.75, 3.05) is 26.2 Å². The Labute approximate surface area is 192 Å². The zero-order valence-electron chi connectivity index (χ0n) is 19.7. The first kappa shape index (κ1) is 24.1. The summed E-state index contributed by atoms with van der Waals surface area (Å²) in [5.74, 6) is 1.40. The summed E-state index contributed by atoms with van der Waals surface area (Å²) in [7, 11) is 0. The number of hydrogen-bond donors (Lipinski definition) is 1. The number of ether oxygens (including phenoxy) is 1. The number of likely N-dealkylation sites (tertiary alicyclic amines) is 1.